The number of hydrogen-bond donors (Lipinski definition) is 0. The maximum atomic E-state index is 12.3. The molecule has 0 saturated carbocycles. The first-order chi connectivity index (χ1) is 13.8. The van der Waals surface area contributed by atoms with Crippen molar-refractivity contribution in [3.8, 4) is 0 Å². The Bertz CT molecular complexity index is 795. The van der Waals surface area contributed by atoms with Gasteiger partial charge in [0.15, 0.2) is 6.10 Å². The topological polar surface area (TPSA) is 52.6 Å². The van der Waals surface area contributed by atoms with Crippen LogP contribution in [0.25, 0.3) is 6.08 Å². The summed E-state index contributed by atoms with van der Waals surface area (Å²) in [5.41, 5.74) is 1.94. The minimum absolute atomic E-state index is 0.0382. The smallest absolute Gasteiger partial charge is 0.310 e. The fourth-order valence-electron chi connectivity index (χ4n) is 2.83. The second-order valence-electron chi connectivity index (χ2n) is 7.95. The number of benzene rings is 2. The lowest BCUT2D eigenvalue weighted by molar-refractivity contribution is -0.873. The highest BCUT2D eigenvalue weighted by Gasteiger charge is 2.25. The molecule has 0 amide bonds. The molecule has 2 aromatic carbocycles. The Hall–Kier alpha value is -2.92. The van der Waals surface area contributed by atoms with Crippen molar-refractivity contribution in [2.24, 2.45) is 0 Å². The van der Waals surface area contributed by atoms with E-state index in [9.17, 15) is 9.59 Å². The Kier molecular flexibility index (Phi) is 8.62. The van der Waals surface area contributed by atoms with Crippen molar-refractivity contribution in [3.63, 3.8) is 0 Å². The second-order valence-corrected chi connectivity index (χ2v) is 7.95. The fourth-order valence-corrected chi connectivity index (χ4v) is 2.83. The van der Waals surface area contributed by atoms with Gasteiger partial charge in [0.05, 0.1) is 34.0 Å². The van der Waals surface area contributed by atoms with E-state index in [1.165, 1.54) is 0 Å². The predicted octanol–water partition coefficient (Wildman–Crippen LogP) is 3.84. The number of esters is 2. The SMILES string of the molecule is C[N+](C)(C)C[C@@H](CC(=O)OCc1ccccc1)OC(=O)C/C=C/c1ccccc1. The van der Waals surface area contributed by atoms with Crippen molar-refractivity contribution in [2.45, 2.75) is 25.6 Å². The first-order valence-electron chi connectivity index (χ1n) is 9.73. The highest BCUT2D eigenvalue weighted by atomic mass is 16.6. The lowest BCUT2D eigenvalue weighted by atomic mass is 10.2. The Balaban J connectivity index is 1.86. The van der Waals surface area contributed by atoms with Crippen LogP contribution in [0, 0.1) is 0 Å². The summed E-state index contributed by atoms with van der Waals surface area (Å²) in [4.78, 5) is 24.5. The highest BCUT2D eigenvalue weighted by Crippen LogP contribution is 2.10. The molecule has 2 rings (SSSR count). The summed E-state index contributed by atoms with van der Waals surface area (Å²) in [7, 11) is 5.97. The van der Waals surface area contributed by atoms with E-state index in [1.807, 2.05) is 87.9 Å². The van der Waals surface area contributed by atoms with E-state index in [0.29, 0.717) is 11.0 Å². The van der Waals surface area contributed by atoms with E-state index >= 15 is 0 Å². The fraction of sp³-hybridized carbons (Fsp3) is 0.333. The van der Waals surface area contributed by atoms with E-state index in [4.69, 9.17) is 9.47 Å². The lowest BCUT2D eigenvalue weighted by Crippen LogP contribution is -2.44. The minimum Gasteiger partial charge on any atom is -0.461 e. The van der Waals surface area contributed by atoms with Crippen LogP contribution in [0.4, 0.5) is 0 Å². The van der Waals surface area contributed by atoms with Crippen LogP contribution in [0.3, 0.4) is 0 Å². The van der Waals surface area contributed by atoms with Crippen LogP contribution in [0.2, 0.25) is 0 Å². The Labute approximate surface area is 173 Å². The van der Waals surface area contributed by atoms with Crippen molar-refractivity contribution in [1.29, 1.82) is 0 Å². The van der Waals surface area contributed by atoms with Crippen LogP contribution >= 0.6 is 0 Å². The summed E-state index contributed by atoms with van der Waals surface area (Å²) < 4.78 is 11.5. The van der Waals surface area contributed by atoms with E-state index in [0.717, 1.165) is 11.1 Å². The van der Waals surface area contributed by atoms with E-state index in [2.05, 4.69) is 0 Å². The summed E-state index contributed by atoms with van der Waals surface area (Å²) in [6.45, 7) is 0.735. The van der Waals surface area contributed by atoms with Gasteiger partial charge in [0.25, 0.3) is 0 Å². The van der Waals surface area contributed by atoms with Crippen LogP contribution in [0.5, 0.6) is 0 Å². The van der Waals surface area contributed by atoms with Gasteiger partial charge in [0.2, 0.25) is 0 Å². The number of carbonyl (C=O) groups is 2. The molecule has 0 radical (unpaired) electrons. The van der Waals surface area contributed by atoms with Gasteiger partial charge < -0.3 is 14.0 Å². The summed E-state index contributed by atoms with van der Waals surface area (Å²) in [6, 6.07) is 19.3. The third kappa shape index (κ3) is 9.72. The zero-order chi connectivity index (χ0) is 21.1. The third-order valence-corrected chi connectivity index (χ3v) is 4.08. The van der Waals surface area contributed by atoms with Gasteiger partial charge in [-0.2, -0.15) is 0 Å². The first kappa shape index (κ1) is 22.4. The van der Waals surface area contributed by atoms with Gasteiger partial charge in [-0.1, -0.05) is 72.8 Å². The molecule has 0 unspecified atom stereocenters. The molecule has 154 valence electrons. The molecule has 0 aromatic heterocycles. The average molecular weight is 397 g/mol. The molecular weight excluding hydrogens is 366 g/mol. The quantitative estimate of drug-likeness (QED) is 0.452. The Morgan fingerprint density at radius 2 is 1.55 bits per heavy atom. The number of rotatable bonds is 10. The molecule has 0 aliphatic carbocycles. The maximum absolute atomic E-state index is 12.3. The van der Waals surface area contributed by atoms with E-state index < -0.39 is 6.10 Å². The van der Waals surface area contributed by atoms with Gasteiger partial charge in [-0.15, -0.1) is 0 Å². The molecule has 0 fully saturated rings. The molecule has 5 nitrogen and oxygen atoms in total. The van der Waals surface area contributed by atoms with Gasteiger partial charge in [-0.25, -0.2) is 0 Å². The van der Waals surface area contributed by atoms with Gasteiger partial charge >= 0.3 is 11.9 Å². The molecule has 0 aliphatic rings. The highest BCUT2D eigenvalue weighted by molar-refractivity contribution is 5.74. The molecule has 2 aromatic rings. The normalized spacial score (nSPS) is 12.5. The van der Waals surface area contributed by atoms with E-state index in [1.54, 1.807) is 6.08 Å². The molecule has 29 heavy (non-hydrogen) atoms. The Morgan fingerprint density at radius 3 is 2.17 bits per heavy atom. The van der Waals surface area contributed by atoms with Crippen molar-refractivity contribution in [3.05, 3.63) is 77.9 Å². The van der Waals surface area contributed by atoms with Gasteiger partial charge in [0, 0.05) is 0 Å². The van der Waals surface area contributed by atoms with Crippen LogP contribution < -0.4 is 0 Å². The number of ether oxygens (including phenoxy) is 2. The summed E-state index contributed by atoms with van der Waals surface area (Å²) >= 11 is 0. The summed E-state index contributed by atoms with van der Waals surface area (Å²) in [5.74, 6) is -0.730. The van der Waals surface area contributed by atoms with Gasteiger partial charge in [-0.3, -0.25) is 9.59 Å². The molecule has 0 spiro atoms. The zero-order valence-corrected chi connectivity index (χ0v) is 17.4. The zero-order valence-electron chi connectivity index (χ0n) is 17.4. The summed E-state index contributed by atoms with van der Waals surface area (Å²) in [6.07, 6.45) is 3.31. The molecule has 0 N–H and O–H groups in total. The predicted molar refractivity (Wildman–Crippen MR) is 114 cm³/mol. The van der Waals surface area contributed by atoms with Crippen LogP contribution in [0.1, 0.15) is 24.0 Å². The third-order valence-electron chi connectivity index (χ3n) is 4.08. The van der Waals surface area contributed by atoms with Gasteiger partial charge in [0.1, 0.15) is 13.2 Å². The number of carbonyl (C=O) groups excluding carboxylic acids is 2. The monoisotopic (exact) mass is 396 g/mol. The standard InChI is InChI=1S/C24H30NO4/c1-25(2,3)18-22(17-24(27)28-19-21-13-8-5-9-14-21)29-23(26)16-10-15-20-11-6-4-7-12-20/h4-15,22H,16-19H2,1-3H3/q+1/b15-10+/t22-/m1/s1. The van der Waals surface area contributed by atoms with Crippen molar-refractivity contribution < 1.29 is 23.5 Å². The number of quaternary nitrogens is 1. The first-order valence-corrected chi connectivity index (χ1v) is 9.73. The lowest BCUT2D eigenvalue weighted by Gasteiger charge is -2.28. The molecule has 0 bridgehead atoms. The maximum Gasteiger partial charge on any atom is 0.310 e. The second kappa shape index (κ2) is 11.2. The molecule has 5 heteroatoms. The number of likely N-dealkylation sites (N-methyl/N-ethyl adjacent to an activating group) is 1. The molecule has 0 aliphatic heterocycles. The van der Waals surface area contributed by atoms with Crippen LogP contribution in [-0.2, 0) is 25.7 Å². The largest absolute Gasteiger partial charge is 0.461 e. The van der Waals surface area contributed by atoms with Crippen LogP contribution in [-0.4, -0.2) is 50.2 Å². The van der Waals surface area contributed by atoms with Gasteiger partial charge in [-0.05, 0) is 11.1 Å². The van der Waals surface area contributed by atoms with Crippen molar-refractivity contribution >= 4 is 18.0 Å². The summed E-state index contributed by atoms with van der Waals surface area (Å²) in [5, 5.41) is 0. The minimum atomic E-state index is -0.532. The number of hydrogen-bond acceptors (Lipinski definition) is 4. The molecule has 0 heterocycles. The molecular formula is C24H30NO4+. The average Bonchev–Trinajstić information content (AvgIpc) is 2.66. The van der Waals surface area contributed by atoms with Crippen LogP contribution in [0.15, 0.2) is 66.7 Å². The molecule has 1 atom stereocenters. The van der Waals surface area contributed by atoms with Crippen molar-refractivity contribution in [1.82, 2.24) is 0 Å². The Morgan fingerprint density at radius 1 is 0.931 bits per heavy atom. The molecule has 0 saturated heterocycles. The van der Waals surface area contributed by atoms with Crippen molar-refractivity contribution in [2.75, 3.05) is 27.7 Å². The van der Waals surface area contributed by atoms with E-state index in [-0.39, 0.29) is 31.4 Å². The number of nitrogens with zero attached hydrogens (tertiary/aromatic N) is 1.